The highest BCUT2D eigenvalue weighted by Gasteiger charge is 2.47. The van der Waals surface area contributed by atoms with Crippen molar-refractivity contribution >= 4 is 34.7 Å². The molecule has 1 unspecified atom stereocenters. The van der Waals surface area contributed by atoms with Crippen molar-refractivity contribution in [1.82, 2.24) is 4.98 Å². The van der Waals surface area contributed by atoms with Crippen molar-refractivity contribution in [2.75, 3.05) is 4.90 Å². The van der Waals surface area contributed by atoms with Gasteiger partial charge in [0.2, 0.25) is 0 Å². The van der Waals surface area contributed by atoms with Gasteiger partial charge in [-0.05, 0) is 74.9 Å². The summed E-state index contributed by atoms with van der Waals surface area (Å²) < 4.78 is 5.77. The van der Waals surface area contributed by atoms with Crippen LogP contribution in [0.2, 0.25) is 5.02 Å². The van der Waals surface area contributed by atoms with Crippen molar-refractivity contribution in [3.8, 4) is 5.75 Å². The first kappa shape index (κ1) is 22.6. The number of aliphatic hydroxyl groups excluding tert-OH is 1. The number of pyridine rings is 1. The Morgan fingerprint density at radius 1 is 1.09 bits per heavy atom. The van der Waals surface area contributed by atoms with Gasteiger partial charge in [-0.25, -0.2) is 0 Å². The first-order chi connectivity index (χ1) is 15.8. The lowest BCUT2D eigenvalue weighted by molar-refractivity contribution is -0.132. The minimum absolute atomic E-state index is 0.00433. The number of halogens is 1. The number of ether oxygens (including phenoxy) is 1. The average Bonchev–Trinajstić information content (AvgIpc) is 3.05. The molecule has 3 aromatic rings. The van der Waals surface area contributed by atoms with Gasteiger partial charge in [0.15, 0.2) is 0 Å². The molecular formula is C26H23ClN2O4. The summed E-state index contributed by atoms with van der Waals surface area (Å²) in [5.41, 5.74) is 2.07. The quantitative estimate of drug-likeness (QED) is 0.309. The molecule has 1 amide bonds. The lowest BCUT2D eigenvalue weighted by Gasteiger charge is -2.24. The standard InChI is InChI=1S/C26H23ClN2O4/c1-15(2)33-21-11-10-17(13-16(21)3)24(30)22-23(20-9-4-5-12-28-20)29(26(32)25(22)31)19-8-6-7-18(27)14-19/h4-15,23,30H,1-3H3/b24-22-. The van der Waals surface area contributed by atoms with Crippen LogP contribution >= 0.6 is 11.6 Å². The second kappa shape index (κ2) is 9.08. The van der Waals surface area contributed by atoms with Crippen LogP contribution in [-0.2, 0) is 9.59 Å². The first-order valence-electron chi connectivity index (χ1n) is 10.5. The minimum Gasteiger partial charge on any atom is -0.507 e. The molecule has 4 rings (SSSR count). The molecule has 33 heavy (non-hydrogen) atoms. The number of ketones is 1. The molecule has 6 nitrogen and oxygen atoms in total. The number of anilines is 1. The zero-order valence-corrected chi connectivity index (χ0v) is 19.2. The van der Waals surface area contributed by atoms with E-state index in [0.29, 0.717) is 27.7 Å². The Labute approximate surface area is 197 Å². The van der Waals surface area contributed by atoms with Crippen LogP contribution in [0.1, 0.15) is 36.7 Å². The maximum Gasteiger partial charge on any atom is 0.300 e. The van der Waals surface area contributed by atoms with Crippen LogP contribution in [0, 0.1) is 6.92 Å². The summed E-state index contributed by atoms with van der Waals surface area (Å²) in [4.78, 5) is 32.0. The van der Waals surface area contributed by atoms with E-state index < -0.39 is 17.7 Å². The Bertz CT molecular complexity index is 1250. The van der Waals surface area contributed by atoms with E-state index in [2.05, 4.69) is 4.98 Å². The molecule has 0 aliphatic carbocycles. The number of carbonyl (C=O) groups excluding carboxylic acids is 2. The van der Waals surface area contributed by atoms with E-state index >= 15 is 0 Å². The van der Waals surface area contributed by atoms with Crippen LogP contribution in [0.4, 0.5) is 5.69 Å². The van der Waals surface area contributed by atoms with E-state index in [9.17, 15) is 14.7 Å². The van der Waals surface area contributed by atoms with Gasteiger partial charge in [-0.2, -0.15) is 0 Å². The van der Waals surface area contributed by atoms with E-state index in [1.54, 1.807) is 66.9 Å². The SMILES string of the molecule is Cc1cc(/C(O)=C2/C(=O)C(=O)N(c3cccc(Cl)c3)C2c2ccccn2)ccc1OC(C)C. The fourth-order valence-corrected chi connectivity index (χ4v) is 4.07. The Balaban J connectivity index is 1.88. The molecule has 0 saturated carbocycles. The number of carbonyl (C=O) groups is 2. The molecule has 1 aliphatic heterocycles. The molecule has 0 bridgehead atoms. The number of amides is 1. The third-order valence-corrected chi connectivity index (χ3v) is 5.54. The van der Waals surface area contributed by atoms with E-state index in [0.717, 1.165) is 5.56 Å². The molecule has 2 aromatic carbocycles. The number of rotatable bonds is 5. The van der Waals surface area contributed by atoms with Crippen LogP contribution in [0.3, 0.4) is 0 Å². The van der Waals surface area contributed by atoms with Gasteiger partial charge >= 0.3 is 0 Å². The van der Waals surface area contributed by atoms with E-state index in [4.69, 9.17) is 16.3 Å². The van der Waals surface area contributed by atoms with Crippen molar-refractivity contribution in [1.29, 1.82) is 0 Å². The van der Waals surface area contributed by atoms with Crippen LogP contribution in [0.15, 0.2) is 72.4 Å². The van der Waals surface area contributed by atoms with Crippen LogP contribution in [0.25, 0.3) is 5.76 Å². The zero-order valence-electron chi connectivity index (χ0n) is 18.4. The van der Waals surface area contributed by atoms with Crippen LogP contribution in [0.5, 0.6) is 5.75 Å². The number of aliphatic hydroxyl groups is 1. The third-order valence-electron chi connectivity index (χ3n) is 5.31. The fraction of sp³-hybridized carbons (Fsp3) is 0.192. The second-order valence-corrected chi connectivity index (χ2v) is 8.49. The summed E-state index contributed by atoms with van der Waals surface area (Å²) in [6.07, 6.45) is 1.57. The number of benzene rings is 2. The summed E-state index contributed by atoms with van der Waals surface area (Å²) in [6, 6.07) is 16.1. The third kappa shape index (κ3) is 4.34. The summed E-state index contributed by atoms with van der Waals surface area (Å²) >= 11 is 6.15. The number of hydrogen-bond acceptors (Lipinski definition) is 5. The Morgan fingerprint density at radius 3 is 2.52 bits per heavy atom. The molecule has 1 aliphatic rings. The number of hydrogen-bond donors (Lipinski definition) is 1. The predicted molar refractivity (Wildman–Crippen MR) is 127 cm³/mol. The topological polar surface area (TPSA) is 79.7 Å². The summed E-state index contributed by atoms with van der Waals surface area (Å²) in [5, 5.41) is 11.7. The second-order valence-electron chi connectivity index (χ2n) is 8.05. The van der Waals surface area contributed by atoms with Crippen molar-refractivity contribution in [3.05, 3.63) is 94.3 Å². The Kier molecular flexibility index (Phi) is 6.20. The highest BCUT2D eigenvalue weighted by atomic mass is 35.5. The smallest absolute Gasteiger partial charge is 0.300 e. The molecule has 1 aromatic heterocycles. The first-order valence-corrected chi connectivity index (χ1v) is 10.9. The molecule has 0 spiro atoms. The van der Waals surface area contributed by atoms with E-state index in [1.165, 1.54) is 4.90 Å². The van der Waals surface area contributed by atoms with E-state index in [1.807, 2.05) is 20.8 Å². The van der Waals surface area contributed by atoms with Gasteiger partial charge in [0.05, 0.1) is 17.4 Å². The van der Waals surface area contributed by atoms with Gasteiger partial charge in [-0.15, -0.1) is 0 Å². The van der Waals surface area contributed by atoms with Gasteiger partial charge < -0.3 is 9.84 Å². The van der Waals surface area contributed by atoms with Gasteiger partial charge in [0.25, 0.3) is 11.7 Å². The highest BCUT2D eigenvalue weighted by Crippen LogP contribution is 2.42. The number of nitrogens with zero attached hydrogens (tertiary/aromatic N) is 2. The molecule has 1 N–H and O–H groups in total. The van der Waals surface area contributed by atoms with Crippen molar-refractivity contribution in [2.24, 2.45) is 0 Å². The lowest BCUT2D eigenvalue weighted by atomic mass is 9.97. The number of Topliss-reactive ketones (excluding diaryl/α,β-unsaturated/α-hetero) is 1. The molecule has 7 heteroatoms. The minimum atomic E-state index is -0.906. The fourth-order valence-electron chi connectivity index (χ4n) is 3.88. The zero-order chi connectivity index (χ0) is 23.7. The van der Waals surface area contributed by atoms with Crippen LogP contribution < -0.4 is 9.64 Å². The number of aromatic nitrogens is 1. The molecule has 1 atom stereocenters. The van der Waals surface area contributed by atoms with Crippen molar-refractivity contribution < 1.29 is 19.4 Å². The molecule has 1 saturated heterocycles. The summed E-state index contributed by atoms with van der Waals surface area (Å²) in [5.74, 6) is -1.14. The lowest BCUT2D eigenvalue weighted by Crippen LogP contribution is -2.29. The molecule has 1 fully saturated rings. The Morgan fingerprint density at radius 2 is 1.88 bits per heavy atom. The molecule has 2 heterocycles. The normalized spacial score (nSPS) is 17.6. The summed E-state index contributed by atoms with van der Waals surface area (Å²) in [7, 11) is 0. The monoisotopic (exact) mass is 462 g/mol. The van der Waals surface area contributed by atoms with E-state index in [-0.39, 0.29) is 17.4 Å². The van der Waals surface area contributed by atoms with Crippen molar-refractivity contribution in [3.63, 3.8) is 0 Å². The highest BCUT2D eigenvalue weighted by molar-refractivity contribution is 6.51. The van der Waals surface area contributed by atoms with Gasteiger partial charge in [-0.3, -0.25) is 19.5 Å². The molecule has 0 radical (unpaired) electrons. The molecule has 168 valence electrons. The van der Waals surface area contributed by atoms with Gasteiger partial charge in [-0.1, -0.05) is 23.7 Å². The molecular weight excluding hydrogens is 440 g/mol. The van der Waals surface area contributed by atoms with Gasteiger partial charge in [0, 0.05) is 22.5 Å². The predicted octanol–water partition coefficient (Wildman–Crippen LogP) is 5.46. The summed E-state index contributed by atoms with van der Waals surface area (Å²) in [6.45, 7) is 5.71. The van der Waals surface area contributed by atoms with Crippen molar-refractivity contribution in [2.45, 2.75) is 32.9 Å². The maximum absolute atomic E-state index is 13.2. The van der Waals surface area contributed by atoms with Crippen LogP contribution in [-0.4, -0.2) is 27.9 Å². The largest absolute Gasteiger partial charge is 0.507 e. The number of aryl methyl sites for hydroxylation is 1. The van der Waals surface area contributed by atoms with Gasteiger partial charge in [0.1, 0.15) is 17.6 Å². The maximum atomic E-state index is 13.2. The average molecular weight is 463 g/mol. The Hall–Kier alpha value is -3.64.